The van der Waals surface area contributed by atoms with E-state index >= 15 is 0 Å². The van der Waals surface area contributed by atoms with E-state index in [0.29, 0.717) is 5.41 Å². The summed E-state index contributed by atoms with van der Waals surface area (Å²) in [5.74, 6) is 0.104. The fourth-order valence-corrected chi connectivity index (χ4v) is 1.82. The molecule has 1 amide bonds. The number of rotatable bonds is 6. The Labute approximate surface area is 93.0 Å². The zero-order chi connectivity index (χ0) is 11.5. The predicted molar refractivity (Wildman–Crippen MR) is 62.7 cm³/mol. The lowest BCUT2D eigenvalue weighted by Gasteiger charge is -2.24. The molecule has 0 aromatic rings. The Balaban J connectivity index is 2.34. The van der Waals surface area contributed by atoms with E-state index in [0.717, 1.165) is 6.54 Å². The molecule has 3 nitrogen and oxygen atoms in total. The highest BCUT2D eigenvalue weighted by molar-refractivity contribution is 5.85. The van der Waals surface area contributed by atoms with Crippen LogP contribution in [0.15, 0.2) is 0 Å². The van der Waals surface area contributed by atoms with E-state index in [2.05, 4.69) is 17.6 Å². The maximum atomic E-state index is 11.8. The van der Waals surface area contributed by atoms with Gasteiger partial charge in [0.05, 0.1) is 5.54 Å². The predicted octanol–water partition coefficient (Wildman–Crippen LogP) is 1.68. The van der Waals surface area contributed by atoms with Crippen LogP contribution in [-0.4, -0.2) is 25.0 Å². The molecule has 1 rings (SSSR count). The molecule has 0 heterocycles. The van der Waals surface area contributed by atoms with E-state index in [1.807, 2.05) is 20.9 Å². The summed E-state index contributed by atoms with van der Waals surface area (Å²) < 4.78 is 0. The Bertz CT molecular complexity index is 232. The minimum Gasteiger partial charge on any atom is -0.354 e. The van der Waals surface area contributed by atoms with Crippen LogP contribution in [-0.2, 0) is 4.79 Å². The van der Waals surface area contributed by atoms with Crippen LogP contribution in [0.5, 0.6) is 0 Å². The zero-order valence-corrected chi connectivity index (χ0v) is 10.4. The van der Waals surface area contributed by atoms with Gasteiger partial charge >= 0.3 is 0 Å². The molecule has 0 radical (unpaired) electrons. The molecular formula is C12H24N2O. The normalized spacial score (nSPS) is 18.7. The molecule has 15 heavy (non-hydrogen) atoms. The minimum atomic E-state index is -0.456. The Morgan fingerprint density at radius 3 is 2.40 bits per heavy atom. The highest BCUT2D eigenvalue weighted by Crippen LogP contribution is 2.48. The van der Waals surface area contributed by atoms with E-state index in [1.54, 1.807) is 0 Å². The van der Waals surface area contributed by atoms with Crippen LogP contribution in [0.4, 0.5) is 0 Å². The Morgan fingerprint density at radius 1 is 1.40 bits per heavy atom. The van der Waals surface area contributed by atoms with E-state index in [-0.39, 0.29) is 5.91 Å². The minimum absolute atomic E-state index is 0.104. The fourth-order valence-electron chi connectivity index (χ4n) is 1.82. The van der Waals surface area contributed by atoms with Gasteiger partial charge in [0.25, 0.3) is 0 Å². The van der Waals surface area contributed by atoms with Crippen LogP contribution < -0.4 is 10.6 Å². The molecule has 0 saturated heterocycles. The first-order chi connectivity index (χ1) is 6.96. The average Bonchev–Trinajstić information content (AvgIpc) is 2.95. The lowest BCUT2D eigenvalue weighted by Crippen LogP contribution is -2.52. The number of nitrogens with one attached hydrogen (secondary N) is 2. The van der Waals surface area contributed by atoms with E-state index in [1.165, 1.54) is 25.7 Å². The molecule has 2 N–H and O–H groups in total. The van der Waals surface area contributed by atoms with Crippen molar-refractivity contribution < 1.29 is 4.79 Å². The zero-order valence-electron chi connectivity index (χ0n) is 10.4. The monoisotopic (exact) mass is 212 g/mol. The summed E-state index contributed by atoms with van der Waals surface area (Å²) in [6.45, 7) is 6.87. The van der Waals surface area contributed by atoms with Crippen molar-refractivity contribution in [1.82, 2.24) is 10.6 Å². The van der Waals surface area contributed by atoms with Crippen molar-refractivity contribution in [2.75, 3.05) is 13.6 Å². The van der Waals surface area contributed by atoms with Gasteiger partial charge in [-0.05, 0) is 45.6 Å². The molecular weight excluding hydrogens is 188 g/mol. The van der Waals surface area contributed by atoms with Crippen LogP contribution in [0.1, 0.15) is 46.5 Å². The number of likely N-dealkylation sites (N-methyl/N-ethyl adjacent to an activating group) is 1. The summed E-state index contributed by atoms with van der Waals surface area (Å²) in [6, 6.07) is 0. The van der Waals surface area contributed by atoms with E-state index < -0.39 is 5.54 Å². The van der Waals surface area contributed by atoms with Gasteiger partial charge in [0.2, 0.25) is 5.91 Å². The van der Waals surface area contributed by atoms with Gasteiger partial charge in [0.1, 0.15) is 0 Å². The highest BCUT2D eigenvalue weighted by atomic mass is 16.2. The Kier molecular flexibility index (Phi) is 3.77. The molecule has 0 aliphatic heterocycles. The van der Waals surface area contributed by atoms with Gasteiger partial charge in [0, 0.05) is 6.54 Å². The average molecular weight is 212 g/mol. The maximum absolute atomic E-state index is 11.8. The van der Waals surface area contributed by atoms with Gasteiger partial charge in [-0.2, -0.15) is 0 Å². The molecule has 1 fully saturated rings. The summed E-state index contributed by atoms with van der Waals surface area (Å²) in [5, 5.41) is 6.08. The summed E-state index contributed by atoms with van der Waals surface area (Å²) in [6.07, 6.45) is 5.01. The van der Waals surface area contributed by atoms with Crippen molar-refractivity contribution in [3.8, 4) is 0 Å². The van der Waals surface area contributed by atoms with Gasteiger partial charge < -0.3 is 10.6 Å². The summed E-state index contributed by atoms with van der Waals surface area (Å²) in [4.78, 5) is 11.8. The van der Waals surface area contributed by atoms with E-state index in [9.17, 15) is 4.79 Å². The number of carbonyl (C=O) groups excluding carboxylic acids is 1. The SMILES string of the molecule is CCCC1(CNC(=O)C(C)(C)NC)CC1. The topological polar surface area (TPSA) is 41.1 Å². The third kappa shape index (κ3) is 3.20. The van der Waals surface area contributed by atoms with Gasteiger partial charge in [0.15, 0.2) is 0 Å². The molecule has 0 bridgehead atoms. The number of carbonyl (C=O) groups is 1. The lowest BCUT2D eigenvalue weighted by atomic mass is 9.99. The molecule has 3 heteroatoms. The largest absolute Gasteiger partial charge is 0.354 e. The summed E-state index contributed by atoms with van der Waals surface area (Å²) in [5.41, 5.74) is -0.0173. The Hall–Kier alpha value is -0.570. The first kappa shape index (κ1) is 12.5. The molecule has 0 unspecified atom stereocenters. The van der Waals surface area contributed by atoms with E-state index in [4.69, 9.17) is 0 Å². The number of hydrogen-bond acceptors (Lipinski definition) is 2. The summed E-state index contributed by atoms with van der Waals surface area (Å²) in [7, 11) is 1.82. The summed E-state index contributed by atoms with van der Waals surface area (Å²) >= 11 is 0. The van der Waals surface area contributed by atoms with Gasteiger partial charge in [-0.25, -0.2) is 0 Å². The van der Waals surface area contributed by atoms with Crippen molar-refractivity contribution in [3.05, 3.63) is 0 Å². The lowest BCUT2D eigenvalue weighted by molar-refractivity contribution is -0.126. The van der Waals surface area contributed by atoms with Crippen molar-refractivity contribution in [2.45, 2.75) is 52.0 Å². The Morgan fingerprint density at radius 2 is 2.00 bits per heavy atom. The van der Waals surface area contributed by atoms with Crippen LogP contribution in [0.2, 0.25) is 0 Å². The van der Waals surface area contributed by atoms with Gasteiger partial charge in [-0.15, -0.1) is 0 Å². The quantitative estimate of drug-likeness (QED) is 0.703. The number of hydrogen-bond donors (Lipinski definition) is 2. The van der Waals surface area contributed by atoms with Crippen molar-refractivity contribution in [3.63, 3.8) is 0 Å². The van der Waals surface area contributed by atoms with Crippen LogP contribution >= 0.6 is 0 Å². The molecule has 0 aromatic heterocycles. The second kappa shape index (κ2) is 4.52. The molecule has 0 atom stereocenters. The first-order valence-electron chi connectivity index (χ1n) is 5.93. The molecule has 0 spiro atoms. The second-order valence-electron chi connectivity index (χ2n) is 5.31. The van der Waals surface area contributed by atoms with Crippen molar-refractivity contribution in [1.29, 1.82) is 0 Å². The van der Waals surface area contributed by atoms with Gasteiger partial charge in [-0.3, -0.25) is 4.79 Å². The molecule has 88 valence electrons. The third-order valence-corrected chi connectivity index (χ3v) is 3.55. The fraction of sp³-hybridized carbons (Fsp3) is 0.917. The van der Waals surface area contributed by atoms with Crippen molar-refractivity contribution >= 4 is 5.91 Å². The van der Waals surface area contributed by atoms with Crippen LogP contribution in [0.25, 0.3) is 0 Å². The van der Waals surface area contributed by atoms with Crippen LogP contribution in [0.3, 0.4) is 0 Å². The smallest absolute Gasteiger partial charge is 0.239 e. The molecule has 1 aliphatic rings. The molecule has 0 aromatic carbocycles. The number of amides is 1. The second-order valence-corrected chi connectivity index (χ2v) is 5.31. The molecule has 1 saturated carbocycles. The highest BCUT2D eigenvalue weighted by Gasteiger charge is 2.42. The van der Waals surface area contributed by atoms with Crippen molar-refractivity contribution in [2.24, 2.45) is 5.41 Å². The maximum Gasteiger partial charge on any atom is 0.239 e. The first-order valence-corrected chi connectivity index (χ1v) is 5.93. The van der Waals surface area contributed by atoms with Crippen LogP contribution in [0, 0.1) is 5.41 Å². The third-order valence-electron chi connectivity index (χ3n) is 3.55. The molecule has 1 aliphatic carbocycles. The standard InChI is InChI=1S/C12H24N2O/c1-5-6-12(7-8-12)9-14-10(15)11(2,3)13-4/h13H,5-9H2,1-4H3,(H,14,15). The van der Waals surface area contributed by atoms with Gasteiger partial charge in [-0.1, -0.05) is 13.3 Å².